The van der Waals surface area contributed by atoms with Crippen LogP contribution in [0.1, 0.15) is 34.7 Å². The first-order valence-corrected chi connectivity index (χ1v) is 15.7. The number of hydrogen-bond acceptors (Lipinski definition) is 7. The van der Waals surface area contributed by atoms with Crippen LogP contribution < -0.4 is 9.47 Å². The van der Waals surface area contributed by atoms with Gasteiger partial charge in [0.25, 0.3) is 11.7 Å². The number of hydrogen-bond donors (Lipinski definition) is 1. The molecule has 1 amide bonds. The van der Waals surface area contributed by atoms with E-state index in [1.165, 1.54) is 0 Å². The molecule has 6 rings (SSSR count). The lowest BCUT2D eigenvalue weighted by molar-refractivity contribution is -0.140. The van der Waals surface area contributed by atoms with E-state index in [1.807, 2.05) is 79.7 Å². The molecule has 2 aliphatic rings. The summed E-state index contributed by atoms with van der Waals surface area (Å²) in [5.74, 6) is 0.313. The molecule has 0 aliphatic carbocycles. The van der Waals surface area contributed by atoms with Crippen LogP contribution in [0.15, 0.2) is 109 Å². The Morgan fingerprint density at radius 3 is 2.33 bits per heavy atom. The van der Waals surface area contributed by atoms with Crippen molar-refractivity contribution in [1.29, 1.82) is 0 Å². The molecule has 46 heavy (non-hydrogen) atoms. The van der Waals surface area contributed by atoms with Gasteiger partial charge in [0.15, 0.2) is 0 Å². The van der Waals surface area contributed by atoms with E-state index >= 15 is 0 Å². The zero-order valence-corrected chi connectivity index (χ0v) is 25.9. The van der Waals surface area contributed by atoms with Crippen LogP contribution in [0.4, 0.5) is 0 Å². The van der Waals surface area contributed by atoms with Gasteiger partial charge in [-0.3, -0.25) is 14.5 Å². The number of amides is 1. The summed E-state index contributed by atoms with van der Waals surface area (Å²) in [6.07, 6.45) is 0.677. The molecule has 0 bridgehead atoms. The van der Waals surface area contributed by atoms with Crippen LogP contribution in [0.3, 0.4) is 0 Å². The molecule has 1 unspecified atom stereocenters. The molecule has 8 heteroatoms. The highest BCUT2D eigenvalue weighted by Gasteiger charge is 2.46. The second-order valence-corrected chi connectivity index (χ2v) is 11.6. The normalized spacial score (nSPS) is 18.1. The van der Waals surface area contributed by atoms with Gasteiger partial charge in [0.05, 0.1) is 24.8 Å². The lowest BCUT2D eigenvalue weighted by Gasteiger charge is -2.29. The fraction of sp³-hybridized carbons (Fsp3) is 0.263. The number of nitrogens with zero attached hydrogens (tertiary/aromatic N) is 2. The van der Waals surface area contributed by atoms with Gasteiger partial charge in [-0.15, -0.1) is 0 Å². The van der Waals surface area contributed by atoms with Gasteiger partial charge >= 0.3 is 0 Å². The monoisotopic (exact) mass is 618 g/mol. The summed E-state index contributed by atoms with van der Waals surface area (Å²) in [5.41, 5.74) is 3.38. The van der Waals surface area contributed by atoms with Crippen LogP contribution >= 0.6 is 0 Å². The predicted molar refractivity (Wildman–Crippen MR) is 176 cm³/mol. The highest BCUT2D eigenvalue weighted by atomic mass is 16.5. The van der Waals surface area contributed by atoms with Crippen molar-refractivity contribution in [2.24, 2.45) is 0 Å². The summed E-state index contributed by atoms with van der Waals surface area (Å²) >= 11 is 0. The average Bonchev–Trinajstić information content (AvgIpc) is 3.33. The number of ketones is 1. The maximum absolute atomic E-state index is 13.6. The third-order valence-corrected chi connectivity index (χ3v) is 8.29. The molecule has 2 heterocycles. The summed E-state index contributed by atoms with van der Waals surface area (Å²) in [6.45, 7) is 6.64. The maximum atomic E-state index is 13.6. The summed E-state index contributed by atoms with van der Waals surface area (Å²) in [5, 5.41) is 11.6. The minimum absolute atomic E-state index is 0.0571. The van der Waals surface area contributed by atoms with Crippen molar-refractivity contribution in [1.82, 2.24) is 9.80 Å². The highest BCUT2D eigenvalue weighted by molar-refractivity contribution is 6.46. The fourth-order valence-electron chi connectivity index (χ4n) is 5.95. The van der Waals surface area contributed by atoms with Crippen LogP contribution in [-0.4, -0.2) is 66.0 Å². The first kappa shape index (κ1) is 31.1. The summed E-state index contributed by atoms with van der Waals surface area (Å²) in [6, 6.07) is 31.0. The maximum Gasteiger partial charge on any atom is 0.295 e. The highest BCUT2D eigenvalue weighted by Crippen LogP contribution is 2.41. The quantitative estimate of drug-likeness (QED) is 0.116. The average molecular weight is 619 g/mol. The number of ether oxygens (including phenoxy) is 3. The summed E-state index contributed by atoms with van der Waals surface area (Å²) in [4.78, 5) is 31.0. The lowest BCUT2D eigenvalue weighted by atomic mass is 9.95. The molecule has 1 atom stereocenters. The van der Waals surface area contributed by atoms with Crippen molar-refractivity contribution in [2.75, 3.05) is 39.4 Å². The molecular weight excluding hydrogens is 580 g/mol. The van der Waals surface area contributed by atoms with Crippen molar-refractivity contribution in [2.45, 2.75) is 26.0 Å². The van der Waals surface area contributed by atoms with Crippen molar-refractivity contribution >= 4 is 17.4 Å². The zero-order valence-electron chi connectivity index (χ0n) is 25.9. The molecule has 2 saturated heterocycles. The van der Waals surface area contributed by atoms with E-state index in [1.54, 1.807) is 29.2 Å². The number of benzene rings is 4. The third kappa shape index (κ3) is 7.30. The van der Waals surface area contributed by atoms with E-state index in [2.05, 4.69) is 11.0 Å². The van der Waals surface area contributed by atoms with Crippen LogP contribution in [0.25, 0.3) is 5.76 Å². The molecular formula is C38H38N2O6. The van der Waals surface area contributed by atoms with Gasteiger partial charge < -0.3 is 24.2 Å². The molecule has 0 radical (unpaired) electrons. The van der Waals surface area contributed by atoms with Gasteiger partial charge in [0, 0.05) is 31.7 Å². The Labute approximate surface area is 269 Å². The van der Waals surface area contributed by atoms with E-state index in [0.717, 1.165) is 30.8 Å². The molecule has 4 aromatic rings. The summed E-state index contributed by atoms with van der Waals surface area (Å²) in [7, 11) is 0. The van der Waals surface area contributed by atoms with Gasteiger partial charge in [-0.2, -0.15) is 0 Å². The largest absolute Gasteiger partial charge is 0.507 e. The Morgan fingerprint density at radius 2 is 1.57 bits per heavy atom. The van der Waals surface area contributed by atoms with Gasteiger partial charge in [-0.05, 0) is 73.0 Å². The standard InChI is InChI=1S/C38H38N2O6/c1-27-8-5-9-28(24-27)26-45-31-16-14-29(15-17-31)36(41)34-35(30-10-6-13-33(25-30)46-32-11-3-2-4-12-32)40(38(43)37(34)42)19-7-18-39-20-22-44-23-21-39/h2-6,8-17,24-25,35,41H,7,18-23,26H2,1H3/b36-34+. The van der Waals surface area contributed by atoms with E-state index in [0.29, 0.717) is 61.2 Å². The Kier molecular flexibility index (Phi) is 9.76. The SMILES string of the molecule is Cc1cccc(COc2ccc(/C(O)=C3\C(=O)C(=O)N(CCCN4CCOCC4)C3c3cccc(Oc4ccccc4)c3)cc2)c1. The van der Waals surface area contributed by atoms with E-state index in [4.69, 9.17) is 14.2 Å². The molecule has 2 aliphatic heterocycles. The molecule has 236 valence electrons. The van der Waals surface area contributed by atoms with Crippen LogP contribution in [0.2, 0.25) is 0 Å². The number of carbonyl (C=O) groups excluding carboxylic acids is 2. The Bertz CT molecular complexity index is 1700. The number of aliphatic hydroxyl groups excluding tert-OH is 1. The zero-order chi connectivity index (χ0) is 31.9. The second kappa shape index (κ2) is 14.5. The number of morpholine rings is 1. The van der Waals surface area contributed by atoms with Crippen molar-refractivity contribution in [3.8, 4) is 17.2 Å². The van der Waals surface area contributed by atoms with Crippen molar-refractivity contribution < 1.29 is 28.9 Å². The van der Waals surface area contributed by atoms with E-state index in [-0.39, 0.29) is 11.3 Å². The second-order valence-electron chi connectivity index (χ2n) is 11.6. The number of aryl methyl sites for hydroxylation is 1. The number of Topliss-reactive ketones (excluding diaryl/α,β-unsaturated/α-hetero) is 1. The predicted octanol–water partition coefficient (Wildman–Crippen LogP) is 6.51. The topological polar surface area (TPSA) is 88.5 Å². The number of likely N-dealkylation sites (tertiary alicyclic amines) is 1. The molecule has 1 N–H and O–H groups in total. The number of para-hydroxylation sites is 1. The molecule has 4 aromatic carbocycles. The van der Waals surface area contributed by atoms with Gasteiger partial charge in [-0.25, -0.2) is 0 Å². The first-order chi connectivity index (χ1) is 22.5. The molecule has 0 aromatic heterocycles. The van der Waals surface area contributed by atoms with E-state index < -0.39 is 17.7 Å². The molecule has 0 spiro atoms. The van der Waals surface area contributed by atoms with Crippen LogP contribution in [0, 0.1) is 6.92 Å². The minimum atomic E-state index is -0.777. The third-order valence-electron chi connectivity index (χ3n) is 8.29. The number of rotatable bonds is 11. The van der Waals surface area contributed by atoms with Crippen molar-refractivity contribution in [3.63, 3.8) is 0 Å². The summed E-state index contributed by atoms with van der Waals surface area (Å²) < 4.78 is 17.5. The Morgan fingerprint density at radius 1 is 0.826 bits per heavy atom. The molecule has 2 fully saturated rings. The lowest BCUT2D eigenvalue weighted by Crippen LogP contribution is -2.38. The van der Waals surface area contributed by atoms with E-state index in [9.17, 15) is 14.7 Å². The van der Waals surface area contributed by atoms with Crippen molar-refractivity contribution in [3.05, 3.63) is 131 Å². The minimum Gasteiger partial charge on any atom is -0.507 e. The number of carbonyl (C=O) groups is 2. The van der Waals surface area contributed by atoms with Crippen LogP contribution in [-0.2, 0) is 20.9 Å². The fourth-order valence-corrected chi connectivity index (χ4v) is 5.95. The van der Waals surface area contributed by atoms with Gasteiger partial charge in [0.1, 0.15) is 29.6 Å². The molecule has 0 saturated carbocycles. The van der Waals surface area contributed by atoms with Gasteiger partial charge in [-0.1, -0.05) is 60.2 Å². The van der Waals surface area contributed by atoms with Crippen LogP contribution in [0.5, 0.6) is 17.2 Å². The Hall–Kier alpha value is -4.92. The Balaban J connectivity index is 1.28. The number of aliphatic hydroxyl groups is 1. The van der Waals surface area contributed by atoms with Gasteiger partial charge in [0.2, 0.25) is 0 Å². The first-order valence-electron chi connectivity index (χ1n) is 15.7. The smallest absolute Gasteiger partial charge is 0.295 e. The molecule has 8 nitrogen and oxygen atoms in total.